The summed E-state index contributed by atoms with van der Waals surface area (Å²) in [5.41, 5.74) is 3.59. The number of benzene rings is 2. The maximum atomic E-state index is 12.4. The van der Waals surface area contributed by atoms with Crippen LogP contribution in [0.25, 0.3) is 0 Å². The normalized spacial score (nSPS) is 10.7. The van der Waals surface area contributed by atoms with E-state index in [1.807, 2.05) is 43.5 Å². The smallest absolute Gasteiger partial charge is 0.251 e. The minimum absolute atomic E-state index is 0.0901. The lowest BCUT2D eigenvalue weighted by Gasteiger charge is -2.11. The van der Waals surface area contributed by atoms with E-state index >= 15 is 0 Å². The van der Waals surface area contributed by atoms with Gasteiger partial charge in [-0.25, -0.2) is 0 Å². The van der Waals surface area contributed by atoms with Crippen LogP contribution in [-0.4, -0.2) is 46.0 Å². The Morgan fingerprint density at radius 2 is 1.85 bits per heavy atom. The highest BCUT2D eigenvalue weighted by molar-refractivity contribution is 7.99. The van der Waals surface area contributed by atoms with E-state index in [-0.39, 0.29) is 17.6 Å². The molecule has 0 aliphatic carbocycles. The topological polar surface area (TPSA) is 98.1 Å². The summed E-state index contributed by atoms with van der Waals surface area (Å²) >= 11 is 1.35. The number of hydrogen-bond acceptors (Lipinski definition) is 6. The monoisotopic (exact) mass is 467 g/mol. The Morgan fingerprint density at radius 1 is 1.09 bits per heavy atom. The first-order valence-electron chi connectivity index (χ1n) is 10.8. The fourth-order valence-electron chi connectivity index (χ4n) is 3.26. The minimum Gasteiger partial charge on any atom is -0.497 e. The number of nitrogens with zero attached hydrogens (tertiary/aromatic N) is 3. The number of carbonyl (C=O) groups excluding carboxylic acids is 2. The van der Waals surface area contributed by atoms with Crippen LogP contribution in [0.4, 0.5) is 5.69 Å². The first-order valence-corrected chi connectivity index (χ1v) is 11.7. The first-order chi connectivity index (χ1) is 15.9. The molecule has 174 valence electrons. The molecule has 3 aromatic rings. The molecule has 0 saturated carbocycles. The lowest BCUT2D eigenvalue weighted by Crippen LogP contribution is -2.26. The van der Waals surface area contributed by atoms with Crippen molar-refractivity contribution in [3.05, 3.63) is 65.0 Å². The number of carbonyl (C=O) groups is 2. The Hall–Kier alpha value is -3.33. The van der Waals surface area contributed by atoms with Crippen molar-refractivity contribution in [2.45, 2.75) is 38.9 Å². The Morgan fingerprint density at radius 3 is 2.55 bits per heavy atom. The Balaban J connectivity index is 1.52. The molecule has 1 heterocycles. The van der Waals surface area contributed by atoms with Gasteiger partial charge in [-0.3, -0.25) is 9.59 Å². The van der Waals surface area contributed by atoms with Crippen LogP contribution in [0, 0.1) is 13.8 Å². The van der Waals surface area contributed by atoms with Crippen molar-refractivity contribution < 1.29 is 14.3 Å². The first kappa shape index (κ1) is 24.3. The van der Waals surface area contributed by atoms with Crippen molar-refractivity contribution in [1.29, 1.82) is 0 Å². The van der Waals surface area contributed by atoms with Gasteiger partial charge in [-0.1, -0.05) is 23.9 Å². The van der Waals surface area contributed by atoms with Gasteiger partial charge < -0.3 is 19.9 Å². The Bertz CT molecular complexity index is 1110. The minimum atomic E-state index is -0.155. The summed E-state index contributed by atoms with van der Waals surface area (Å²) in [5, 5.41) is 15.1. The fraction of sp³-hybridized carbons (Fsp3) is 0.333. The van der Waals surface area contributed by atoms with Crippen molar-refractivity contribution in [3.8, 4) is 5.75 Å². The molecule has 0 unspecified atom stereocenters. The number of rotatable bonds is 10. The van der Waals surface area contributed by atoms with Crippen LogP contribution >= 0.6 is 11.8 Å². The van der Waals surface area contributed by atoms with E-state index in [1.54, 1.807) is 31.4 Å². The Labute approximate surface area is 198 Å². The van der Waals surface area contributed by atoms with Crippen LogP contribution in [0.2, 0.25) is 0 Å². The van der Waals surface area contributed by atoms with Crippen LogP contribution in [0.5, 0.6) is 5.75 Å². The van der Waals surface area contributed by atoms with E-state index in [0.717, 1.165) is 22.6 Å². The number of amides is 2. The lowest BCUT2D eigenvalue weighted by molar-refractivity contribution is -0.113. The second kappa shape index (κ2) is 11.5. The number of aromatic nitrogens is 3. The average Bonchev–Trinajstić information content (AvgIpc) is 3.22. The van der Waals surface area contributed by atoms with Crippen molar-refractivity contribution in [1.82, 2.24) is 20.1 Å². The van der Waals surface area contributed by atoms with Crippen LogP contribution < -0.4 is 15.4 Å². The van der Waals surface area contributed by atoms with Gasteiger partial charge in [0.25, 0.3) is 5.91 Å². The van der Waals surface area contributed by atoms with Crippen molar-refractivity contribution >= 4 is 29.3 Å². The molecule has 3 rings (SSSR count). The predicted octanol–water partition coefficient (Wildman–Crippen LogP) is 3.63. The number of hydrogen-bond donors (Lipinski definition) is 2. The highest BCUT2D eigenvalue weighted by atomic mass is 32.2. The SMILES string of the molecule is CCn1c(CCNC(=O)c2ccc(OC)cc2)nnc1SCC(=O)Nc1cccc(C)c1C. The maximum absolute atomic E-state index is 12.4. The van der Waals surface area contributed by atoms with E-state index in [1.165, 1.54) is 11.8 Å². The van der Waals surface area contributed by atoms with Gasteiger partial charge in [0.1, 0.15) is 11.6 Å². The third-order valence-electron chi connectivity index (χ3n) is 5.31. The lowest BCUT2D eigenvalue weighted by atomic mass is 10.1. The molecule has 1 aromatic heterocycles. The molecule has 0 radical (unpaired) electrons. The molecule has 2 N–H and O–H groups in total. The standard InChI is InChI=1S/C24H29N5O3S/c1-5-29-21(13-14-25-23(31)18-9-11-19(32-4)12-10-18)27-28-24(29)33-15-22(30)26-20-8-6-7-16(2)17(20)3/h6-12H,5,13-15H2,1-4H3,(H,25,31)(H,26,30). The summed E-state index contributed by atoms with van der Waals surface area (Å²) in [6.45, 7) is 7.12. The molecule has 8 nitrogen and oxygen atoms in total. The summed E-state index contributed by atoms with van der Waals surface area (Å²) in [4.78, 5) is 24.8. The maximum Gasteiger partial charge on any atom is 0.251 e. The van der Waals surface area contributed by atoms with Crippen molar-refractivity contribution in [3.63, 3.8) is 0 Å². The summed E-state index contributed by atoms with van der Waals surface area (Å²) in [7, 11) is 1.59. The molecule has 0 aliphatic heterocycles. The number of aryl methyl sites for hydroxylation is 1. The molecule has 2 amide bonds. The van der Waals surface area contributed by atoms with Crippen LogP contribution in [0.15, 0.2) is 47.6 Å². The number of nitrogens with one attached hydrogen (secondary N) is 2. The van der Waals surface area contributed by atoms with E-state index in [2.05, 4.69) is 20.8 Å². The molecule has 0 bridgehead atoms. The Kier molecular flexibility index (Phi) is 8.48. The number of thioether (sulfide) groups is 1. The summed E-state index contributed by atoms with van der Waals surface area (Å²) < 4.78 is 7.08. The van der Waals surface area contributed by atoms with E-state index < -0.39 is 0 Å². The summed E-state index contributed by atoms with van der Waals surface area (Å²) in [6.07, 6.45) is 0.540. The second-order valence-corrected chi connectivity index (χ2v) is 8.40. The highest BCUT2D eigenvalue weighted by Gasteiger charge is 2.14. The summed E-state index contributed by atoms with van der Waals surface area (Å²) in [6, 6.07) is 12.8. The third-order valence-corrected chi connectivity index (χ3v) is 6.27. The molecule has 33 heavy (non-hydrogen) atoms. The van der Waals surface area contributed by atoms with Gasteiger partial charge in [-0.05, 0) is 62.2 Å². The van der Waals surface area contributed by atoms with Gasteiger partial charge in [-0.2, -0.15) is 0 Å². The van der Waals surface area contributed by atoms with Gasteiger partial charge in [0.2, 0.25) is 5.91 Å². The van der Waals surface area contributed by atoms with Crippen molar-refractivity contribution in [2.24, 2.45) is 0 Å². The van der Waals surface area contributed by atoms with Gasteiger partial charge >= 0.3 is 0 Å². The third kappa shape index (κ3) is 6.35. The van der Waals surface area contributed by atoms with E-state index in [9.17, 15) is 9.59 Å². The molecule has 2 aromatic carbocycles. The largest absolute Gasteiger partial charge is 0.497 e. The van der Waals surface area contributed by atoms with Crippen LogP contribution in [0.1, 0.15) is 34.2 Å². The molecule has 0 saturated heterocycles. The zero-order chi connectivity index (χ0) is 23.8. The fourth-order valence-corrected chi connectivity index (χ4v) is 4.08. The zero-order valence-electron chi connectivity index (χ0n) is 19.3. The van der Waals surface area contributed by atoms with Gasteiger partial charge in [0.05, 0.1) is 12.9 Å². The molecule has 0 spiro atoms. The van der Waals surface area contributed by atoms with Crippen LogP contribution in [0.3, 0.4) is 0 Å². The molecule has 0 atom stereocenters. The second-order valence-electron chi connectivity index (χ2n) is 7.46. The van der Waals surface area contributed by atoms with Gasteiger partial charge in [0, 0.05) is 30.8 Å². The average molecular weight is 468 g/mol. The number of methoxy groups -OCH3 is 1. The molecule has 0 aliphatic rings. The van der Waals surface area contributed by atoms with Gasteiger partial charge in [0.15, 0.2) is 5.16 Å². The van der Waals surface area contributed by atoms with E-state index in [0.29, 0.717) is 36.0 Å². The quantitative estimate of drug-likeness (QED) is 0.442. The predicted molar refractivity (Wildman–Crippen MR) is 130 cm³/mol. The number of ether oxygens (including phenoxy) is 1. The molecular formula is C24H29N5O3S. The van der Waals surface area contributed by atoms with E-state index in [4.69, 9.17) is 4.74 Å². The molecule has 9 heteroatoms. The van der Waals surface area contributed by atoms with Crippen molar-refractivity contribution in [2.75, 3.05) is 24.7 Å². The number of anilines is 1. The van der Waals surface area contributed by atoms with Crippen LogP contribution in [-0.2, 0) is 17.8 Å². The molecular weight excluding hydrogens is 438 g/mol. The molecule has 0 fully saturated rings. The highest BCUT2D eigenvalue weighted by Crippen LogP contribution is 2.21. The zero-order valence-corrected chi connectivity index (χ0v) is 20.2. The summed E-state index contributed by atoms with van der Waals surface area (Å²) in [5.74, 6) is 1.46. The van der Waals surface area contributed by atoms with Gasteiger partial charge in [-0.15, -0.1) is 10.2 Å².